The minimum Gasteiger partial charge on any atom is -0.502 e. The number of benzene rings is 2. The van der Waals surface area contributed by atoms with Crippen molar-refractivity contribution in [3.05, 3.63) is 73.6 Å². The van der Waals surface area contributed by atoms with Gasteiger partial charge in [0.05, 0.1) is 34.2 Å². The Morgan fingerprint density at radius 2 is 1.90 bits per heavy atom. The first kappa shape index (κ1) is 20.9. The van der Waals surface area contributed by atoms with Gasteiger partial charge in [-0.15, -0.1) is 0 Å². The number of rotatable bonds is 7. The zero-order chi connectivity index (χ0) is 21.6. The molecule has 0 saturated carbocycles. The second kappa shape index (κ2) is 8.98. The van der Waals surface area contributed by atoms with Gasteiger partial charge in [-0.25, -0.2) is 9.82 Å². The fourth-order valence-corrected chi connectivity index (χ4v) is 2.07. The lowest BCUT2D eigenvalue weighted by atomic mass is 10.1. The fourth-order valence-electron chi connectivity index (χ4n) is 2.07. The molecule has 2 amide bonds. The number of carbonyl (C=O) groups is 2. The number of nitrogens with one attached hydrogen (secondary N) is 2. The Morgan fingerprint density at radius 1 is 1.17 bits per heavy atom. The van der Waals surface area contributed by atoms with Crippen molar-refractivity contribution in [1.29, 1.82) is 0 Å². The van der Waals surface area contributed by atoms with E-state index in [1.54, 1.807) is 0 Å². The summed E-state index contributed by atoms with van der Waals surface area (Å²) in [6, 6.07) is 6.18. The van der Waals surface area contributed by atoms with Gasteiger partial charge in [0, 0.05) is 11.6 Å². The van der Waals surface area contributed by atoms with Crippen LogP contribution in [0.2, 0.25) is 0 Å². The molecule has 0 aliphatic heterocycles. The van der Waals surface area contributed by atoms with Crippen LogP contribution in [0.5, 0.6) is 5.75 Å². The third kappa shape index (κ3) is 5.53. The lowest BCUT2D eigenvalue weighted by Crippen LogP contribution is -2.34. The van der Waals surface area contributed by atoms with E-state index in [1.807, 2.05) is 5.43 Å². The minimum absolute atomic E-state index is 0.00451. The Kier molecular flexibility index (Phi) is 6.47. The molecule has 0 bridgehead atoms. The summed E-state index contributed by atoms with van der Waals surface area (Å²) in [4.78, 5) is 43.2. The van der Waals surface area contributed by atoms with Crippen molar-refractivity contribution < 1.29 is 28.9 Å². The van der Waals surface area contributed by atoms with E-state index in [-0.39, 0.29) is 11.1 Å². The molecule has 0 spiro atoms. The number of non-ortho nitro benzene ring substituents is 1. The first-order chi connectivity index (χ1) is 13.7. The van der Waals surface area contributed by atoms with Crippen molar-refractivity contribution >= 4 is 29.4 Å². The Bertz CT molecular complexity index is 1020. The highest BCUT2D eigenvalue weighted by atomic mass is 19.1. The van der Waals surface area contributed by atoms with Gasteiger partial charge in [-0.2, -0.15) is 5.10 Å². The van der Waals surface area contributed by atoms with Gasteiger partial charge in [-0.05, 0) is 18.2 Å². The SMILES string of the molecule is O=C(CNC(=O)c1cccc(F)c1)N/N=C\c1cc([N+](=O)[O-])cc([N+](=O)[O-])c1O. The average molecular weight is 405 g/mol. The number of nitrogens with zero attached hydrogens (tertiary/aromatic N) is 3. The fraction of sp³-hybridized carbons (Fsp3) is 0.0625. The van der Waals surface area contributed by atoms with Crippen LogP contribution in [0.4, 0.5) is 15.8 Å². The number of nitro groups is 2. The topological polar surface area (TPSA) is 177 Å². The standard InChI is InChI=1S/C16H12FN5O7/c17-11-3-1-2-9(4-11)16(25)18-8-14(23)20-19-7-10-5-12(21(26)27)6-13(15(10)24)22(28)29/h1-7,24H,8H2,(H,18,25)(H,20,23)/b19-7-. The summed E-state index contributed by atoms with van der Waals surface area (Å²) < 4.78 is 13.1. The predicted molar refractivity (Wildman–Crippen MR) is 95.9 cm³/mol. The van der Waals surface area contributed by atoms with Gasteiger partial charge in [-0.1, -0.05) is 6.07 Å². The van der Waals surface area contributed by atoms with Gasteiger partial charge in [0.25, 0.3) is 17.5 Å². The molecule has 150 valence electrons. The highest BCUT2D eigenvalue weighted by Gasteiger charge is 2.23. The number of aromatic hydroxyl groups is 1. The first-order valence-corrected chi connectivity index (χ1v) is 7.70. The van der Waals surface area contributed by atoms with E-state index in [1.165, 1.54) is 12.1 Å². The van der Waals surface area contributed by atoms with E-state index in [2.05, 4.69) is 10.4 Å². The molecule has 3 N–H and O–H groups in total. The highest BCUT2D eigenvalue weighted by Crippen LogP contribution is 2.33. The summed E-state index contributed by atoms with van der Waals surface area (Å²) in [6.45, 7) is -0.534. The van der Waals surface area contributed by atoms with Gasteiger partial charge in [0.2, 0.25) is 5.75 Å². The van der Waals surface area contributed by atoms with E-state index < -0.39 is 51.1 Å². The Labute approximate surface area is 161 Å². The summed E-state index contributed by atoms with van der Waals surface area (Å²) in [5.74, 6) is -3.03. The molecule has 0 heterocycles. The van der Waals surface area contributed by atoms with E-state index in [0.717, 1.165) is 24.4 Å². The molecule has 0 atom stereocenters. The van der Waals surface area contributed by atoms with Crippen LogP contribution in [0.3, 0.4) is 0 Å². The number of nitro benzene ring substituents is 2. The Morgan fingerprint density at radius 3 is 2.52 bits per heavy atom. The molecule has 0 unspecified atom stereocenters. The number of hydrogen-bond acceptors (Lipinski definition) is 8. The van der Waals surface area contributed by atoms with Gasteiger partial charge in [0.1, 0.15) is 5.82 Å². The number of amides is 2. The van der Waals surface area contributed by atoms with Crippen LogP contribution in [0.15, 0.2) is 41.5 Å². The molecule has 12 nitrogen and oxygen atoms in total. The first-order valence-electron chi connectivity index (χ1n) is 7.70. The largest absolute Gasteiger partial charge is 0.502 e. The van der Waals surface area contributed by atoms with Gasteiger partial charge >= 0.3 is 5.69 Å². The van der Waals surface area contributed by atoms with Crippen molar-refractivity contribution in [1.82, 2.24) is 10.7 Å². The third-order valence-corrected chi connectivity index (χ3v) is 3.40. The average Bonchev–Trinajstić information content (AvgIpc) is 2.66. The van der Waals surface area contributed by atoms with E-state index in [0.29, 0.717) is 6.07 Å². The maximum absolute atomic E-state index is 13.1. The molecule has 2 aromatic carbocycles. The molecule has 0 aliphatic carbocycles. The van der Waals surface area contributed by atoms with Gasteiger partial charge in [-0.3, -0.25) is 29.8 Å². The second-order valence-electron chi connectivity index (χ2n) is 5.40. The lowest BCUT2D eigenvalue weighted by Gasteiger charge is -2.04. The van der Waals surface area contributed by atoms with E-state index in [4.69, 9.17) is 0 Å². The molecule has 29 heavy (non-hydrogen) atoms. The Hall–Kier alpha value is -4.42. The number of phenolic OH excluding ortho intramolecular Hbond substituents is 1. The van der Waals surface area contributed by atoms with Crippen LogP contribution in [0.1, 0.15) is 15.9 Å². The van der Waals surface area contributed by atoms with Gasteiger partial charge < -0.3 is 10.4 Å². The molecule has 0 fully saturated rings. The number of carbonyl (C=O) groups excluding carboxylic acids is 2. The predicted octanol–water partition coefficient (Wildman–Crippen LogP) is 1.23. The van der Waals surface area contributed by atoms with Crippen molar-refractivity contribution in [2.24, 2.45) is 5.10 Å². The van der Waals surface area contributed by atoms with Crippen molar-refractivity contribution in [2.75, 3.05) is 6.54 Å². The zero-order valence-corrected chi connectivity index (χ0v) is 14.4. The summed E-state index contributed by atoms with van der Waals surface area (Å²) in [5, 5.41) is 37.1. The summed E-state index contributed by atoms with van der Waals surface area (Å²) in [5.41, 5.74) is 0.0103. The van der Waals surface area contributed by atoms with Crippen molar-refractivity contribution in [3.63, 3.8) is 0 Å². The smallest absolute Gasteiger partial charge is 0.318 e. The molecule has 0 saturated heterocycles. The second-order valence-corrected chi connectivity index (χ2v) is 5.40. The van der Waals surface area contributed by atoms with E-state index in [9.17, 15) is 39.3 Å². The van der Waals surface area contributed by atoms with E-state index >= 15 is 0 Å². The van der Waals surface area contributed by atoms with Gasteiger partial charge in [0.15, 0.2) is 0 Å². The molecule has 0 aromatic heterocycles. The molecular formula is C16H12FN5O7. The lowest BCUT2D eigenvalue weighted by molar-refractivity contribution is -0.394. The van der Waals surface area contributed by atoms with Crippen LogP contribution in [0, 0.1) is 26.0 Å². The summed E-state index contributed by atoms with van der Waals surface area (Å²) in [7, 11) is 0. The quantitative estimate of drug-likeness (QED) is 0.352. The van der Waals surface area contributed by atoms with Crippen LogP contribution < -0.4 is 10.7 Å². The maximum Gasteiger partial charge on any atom is 0.318 e. The molecule has 13 heteroatoms. The monoisotopic (exact) mass is 405 g/mol. The molecule has 2 aromatic rings. The summed E-state index contributed by atoms with van der Waals surface area (Å²) >= 11 is 0. The maximum atomic E-state index is 13.1. The minimum atomic E-state index is -1.01. The molecule has 0 aliphatic rings. The van der Waals surface area contributed by atoms with Crippen LogP contribution in [-0.2, 0) is 4.79 Å². The third-order valence-electron chi connectivity index (χ3n) is 3.40. The number of phenols is 1. The summed E-state index contributed by atoms with van der Waals surface area (Å²) in [6.07, 6.45) is 0.766. The molecule has 0 radical (unpaired) electrons. The Balaban J connectivity index is 2.02. The number of halogens is 1. The van der Waals surface area contributed by atoms with Crippen LogP contribution in [0.25, 0.3) is 0 Å². The normalized spacial score (nSPS) is 10.5. The number of hydrazone groups is 1. The highest BCUT2D eigenvalue weighted by molar-refractivity contribution is 5.96. The zero-order valence-electron chi connectivity index (χ0n) is 14.4. The van der Waals surface area contributed by atoms with Crippen molar-refractivity contribution in [3.8, 4) is 5.75 Å². The molecule has 2 rings (SSSR count). The van der Waals surface area contributed by atoms with Crippen LogP contribution in [-0.4, -0.2) is 39.5 Å². The number of hydrogen-bond donors (Lipinski definition) is 3. The van der Waals surface area contributed by atoms with Crippen molar-refractivity contribution in [2.45, 2.75) is 0 Å². The molecular weight excluding hydrogens is 393 g/mol. The van der Waals surface area contributed by atoms with Crippen LogP contribution >= 0.6 is 0 Å².